The van der Waals surface area contributed by atoms with Gasteiger partial charge >= 0.3 is 0 Å². The van der Waals surface area contributed by atoms with Crippen molar-refractivity contribution in [3.05, 3.63) is 65.9 Å². The Morgan fingerprint density at radius 2 is 1.85 bits per heavy atom. The molecule has 0 amide bonds. The van der Waals surface area contributed by atoms with Gasteiger partial charge in [-0.25, -0.2) is 0 Å². The van der Waals surface area contributed by atoms with Crippen LogP contribution in [0.3, 0.4) is 0 Å². The number of hydrogen-bond acceptors (Lipinski definition) is 1. The molecule has 102 valence electrons. The van der Waals surface area contributed by atoms with E-state index in [4.69, 9.17) is 4.74 Å². The van der Waals surface area contributed by atoms with Crippen LogP contribution in [0.4, 0.5) is 0 Å². The largest absolute Gasteiger partial charge is 0.489 e. The van der Waals surface area contributed by atoms with Gasteiger partial charge in [0.25, 0.3) is 0 Å². The van der Waals surface area contributed by atoms with Crippen molar-refractivity contribution in [1.82, 2.24) is 4.57 Å². The van der Waals surface area contributed by atoms with E-state index in [9.17, 15) is 0 Å². The maximum absolute atomic E-state index is 5.87. The zero-order chi connectivity index (χ0) is 13.9. The third-order valence-corrected chi connectivity index (χ3v) is 3.60. The Balaban J connectivity index is 1.92. The van der Waals surface area contributed by atoms with Gasteiger partial charge in [-0.15, -0.1) is 0 Å². The minimum absolute atomic E-state index is 0.608. The van der Waals surface area contributed by atoms with Crippen molar-refractivity contribution in [2.75, 3.05) is 0 Å². The normalized spacial score (nSPS) is 10.9. The first-order valence-electron chi connectivity index (χ1n) is 7.04. The highest BCUT2D eigenvalue weighted by Gasteiger charge is 2.08. The first-order chi connectivity index (χ1) is 9.78. The van der Waals surface area contributed by atoms with E-state index in [1.807, 2.05) is 30.3 Å². The van der Waals surface area contributed by atoms with Crippen molar-refractivity contribution in [3.63, 3.8) is 0 Å². The molecule has 0 saturated carbocycles. The zero-order valence-electron chi connectivity index (χ0n) is 12.0. The third-order valence-electron chi connectivity index (χ3n) is 3.60. The topological polar surface area (TPSA) is 14.2 Å². The van der Waals surface area contributed by atoms with Gasteiger partial charge in [-0.05, 0) is 37.6 Å². The Hall–Kier alpha value is -2.22. The Kier molecular flexibility index (Phi) is 3.46. The lowest BCUT2D eigenvalue weighted by atomic mass is 10.1. The summed E-state index contributed by atoms with van der Waals surface area (Å²) in [6, 6.07) is 16.6. The van der Waals surface area contributed by atoms with Gasteiger partial charge in [0.05, 0.1) is 0 Å². The highest BCUT2D eigenvalue weighted by molar-refractivity contribution is 5.84. The number of fused-ring (bicyclic) bond motifs is 1. The number of para-hydroxylation sites is 1. The van der Waals surface area contributed by atoms with Gasteiger partial charge in [0.2, 0.25) is 0 Å². The highest BCUT2D eigenvalue weighted by atomic mass is 16.5. The summed E-state index contributed by atoms with van der Waals surface area (Å²) in [5, 5.41) is 1.29. The maximum atomic E-state index is 5.87. The predicted octanol–water partition coefficient (Wildman–Crippen LogP) is 4.55. The highest BCUT2D eigenvalue weighted by Crippen LogP contribution is 2.24. The van der Waals surface area contributed by atoms with E-state index in [-0.39, 0.29) is 0 Å². The van der Waals surface area contributed by atoms with E-state index in [1.165, 1.54) is 22.0 Å². The summed E-state index contributed by atoms with van der Waals surface area (Å²) in [5.74, 6) is 0.914. The Morgan fingerprint density at radius 3 is 2.60 bits per heavy atom. The summed E-state index contributed by atoms with van der Waals surface area (Å²) in [7, 11) is 0. The molecule has 0 N–H and O–H groups in total. The number of ether oxygens (including phenoxy) is 1. The van der Waals surface area contributed by atoms with Gasteiger partial charge in [0.1, 0.15) is 12.4 Å². The zero-order valence-corrected chi connectivity index (χ0v) is 12.0. The maximum Gasteiger partial charge on any atom is 0.119 e. The first kappa shape index (κ1) is 12.8. The van der Waals surface area contributed by atoms with Crippen LogP contribution in [0, 0.1) is 6.92 Å². The van der Waals surface area contributed by atoms with E-state index >= 15 is 0 Å². The van der Waals surface area contributed by atoms with Gasteiger partial charge in [-0.3, -0.25) is 0 Å². The molecular formula is C18H19NO. The van der Waals surface area contributed by atoms with Crippen LogP contribution in [0.5, 0.6) is 5.75 Å². The molecule has 3 rings (SSSR count). The molecule has 0 radical (unpaired) electrons. The predicted molar refractivity (Wildman–Crippen MR) is 83.1 cm³/mol. The van der Waals surface area contributed by atoms with E-state index in [0.717, 1.165) is 12.3 Å². The van der Waals surface area contributed by atoms with Gasteiger partial charge in [-0.2, -0.15) is 0 Å². The number of aromatic nitrogens is 1. The van der Waals surface area contributed by atoms with Crippen LogP contribution >= 0.6 is 0 Å². The Labute approximate surface area is 119 Å². The Morgan fingerprint density at radius 1 is 1.05 bits per heavy atom. The third kappa shape index (κ3) is 2.42. The van der Waals surface area contributed by atoms with Crippen molar-refractivity contribution in [2.45, 2.75) is 27.0 Å². The van der Waals surface area contributed by atoms with Gasteiger partial charge in [0.15, 0.2) is 0 Å². The average Bonchev–Trinajstić information content (AvgIpc) is 2.83. The molecule has 0 spiro atoms. The molecule has 0 aliphatic rings. The summed E-state index contributed by atoms with van der Waals surface area (Å²) in [6.45, 7) is 5.89. The minimum atomic E-state index is 0.608. The van der Waals surface area contributed by atoms with Crippen molar-refractivity contribution in [1.29, 1.82) is 0 Å². The van der Waals surface area contributed by atoms with Crippen LogP contribution in [-0.2, 0) is 13.2 Å². The van der Waals surface area contributed by atoms with E-state index in [0.29, 0.717) is 6.61 Å². The van der Waals surface area contributed by atoms with Crippen molar-refractivity contribution >= 4 is 10.9 Å². The van der Waals surface area contributed by atoms with E-state index in [1.54, 1.807) is 0 Å². The van der Waals surface area contributed by atoms with Crippen LogP contribution in [0.15, 0.2) is 54.7 Å². The molecule has 1 heterocycles. The van der Waals surface area contributed by atoms with Crippen LogP contribution < -0.4 is 4.74 Å². The quantitative estimate of drug-likeness (QED) is 0.675. The number of aryl methyl sites for hydroxylation is 2. The number of nitrogens with zero attached hydrogens (tertiary/aromatic N) is 1. The SMILES string of the molecule is CCn1cc(COc2ccccc2)c2ccc(C)cc21. The van der Waals surface area contributed by atoms with Gasteiger partial charge in [-0.1, -0.05) is 30.3 Å². The summed E-state index contributed by atoms with van der Waals surface area (Å²) in [5.41, 5.74) is 3.82. The number of rotatable bonds is 4. The molecule has 0 atom stereocenters. The average molecular weight is 265 g/mol. The smallest absolute Gasteiger partial charge is 0.119 e. The first-order valence-corrected chi connectivity index (χ1v) is 7.04. The Bertz CT molecular complexity index is 713. The van der Waals surface area contributed by atoms with Crippen molar-refractivity contribution < 1.29 is 4.74 Å². The van der Waals surface area contributed by atoms with E-state index < -0.39 is 0 Å². The fourth-order valence-corrected chi connectivity index (χ4v) is 2.53. The molecule has 0 aliphatic heterocycles. The molecule has 0 bridgehead atoms. The standard InChI is InChI=1S/C18H19NO/c1-3-19-12-15(13-20-16-7-5-4-6-8-16)17-10-9-14(2)11-18(17)19/h4-12H,3,13H2,1-2H3. The molecule has 2 aromatic carbocycles. The molecule has 0 saturated heterocycles. The molecular weight excluding hydrogens is 246 g/mol. The summed E-state index contributed by atoms with van der Waals surface area (Å²) in [4.78, 5) is 0. The second-order valence-electron chi connectivity index (χ2n) is 5.06. The van der Waals surface area contributed by atoms with Crippen LogP contribution in [0.1, 0.15) is 18.1 Å². The fraction of sp³-hybridized carbons (Fsp3) is 0.222. The lowest BCUT2D eigenvalue weighted by Gasteiger charge is -2.04. The van der Waals surface area contributed by atoms with Crippen LogP contribution in [-0.4, -0.2) is 4.57 Å². The number of hydrogen-bond donors (Lipinski definition) is 0. The van der Waals surface area contributed by atoms with Crippen molar-refractivity contribution in [3.8, 4) is 5.75 Å². The van der Waals surface area contributed by atoms with Gasteiger partial charge < -0.3 is 9.30 Å². The van der Waals surface area contributed by atoms with Gasteiger partial charge in [0, 0.05) is 29.2 Å². The van der Waals surface area contributed by atoms with E-state index in [2.05, 4.69) is 42.8 Å². The molecule has 0 aliphatic carbocycles. The summed E-state index contributed by atoms with van der Waals surface area (Å²) in [6.07, 6.45) is 2.20. The summed E-state index contributed by atoms with van der Waals surface area (Å²) < 4.78 is 8.16. The lowest BCUT2D eigenvalue weighted by Crippen LogP contribution is -1.94. The molecule has 0 unspecified atom stereocenters. The summed E-state index contributed by atoms with van der Waals surface area (Å²) >= 11 is 0. The molecule has 1 aromatic heterocycles. The second kappa shape index (κ2) is 5.41. The second-order valence-corrected chi connectivity index (χ2v) is 5.06. The monoisotopic (exact) mass is 265 g/mol. The van der Waals surface area contributed by atoms with Crippen molar-refractivity contribution in [2.24, 2.45) is 0 Å². The van der Waals surface area contributed by atoms with Crippen LogP contribution in [0.25, 0.3) is 10.9 Å². The minimum Gasteiger partial charge on any atom is -0.489 e. The number of benzene rings is 2. The fourth-order valence-electron chi connectivity index (χ4n) is 2.53. The molecule has 2 heteroatoms. The van der Waals surface area contributed by atoms with Crippen LogP contribution in [0.2, 0.25) is 0 Å². The molecule has 2 nitrogen and oxygen atoms in total. The lowest BCUT2D eigenvalue weighted by molar-refractivity contribution is 0.307. The molecule has 0 fully saturated rings. The molecule has 3 aromatic rings. The molecule has 20 heavy (non-hydrogen) atoms.